The van der Waals surface area contributed by atoms with E-state index in [1.807, 2.05) is 0 Å². The van der Waals surface area contributed by atoms with Gasteiger partial charge in [-0.25, -0.2) is 13.6 Å². The van der Waals surface area contributed by atoms with Crippen molar-refractivity contribution in [2.24, 2.45) is 5.41 Å². The van der Waals surface area contributed by atoms with E-state index in [1.165, 1.54) is 24.3 Å². The van der Waals surface area contributed by atoms with Crippen LogP contribution < -0.4 is 5.32 Å². The zero-order valence-electron chi connectivity index (χ0n) is 16.2. The molecule has 7 heteroatoms. The van der Waals surface area contributed by atoms with E-state index in [1.54, 1.807) is 20.8 Å². The number of halogens is 2. The summed E-state index contributed by atoms with van der Waals surface area (Å²) in [6, 6.07) is 8.13. The Bertz CT molecular complexity index is 890. The van der Waals surface area contributed by atoms with Crippen molar-refractivity contribution in [2.45, 2.75) is 33.4 Å². The molecule has 2 N–H and O–H groups in total. The van der Waals surface area contributed by atoms with Gasteiger partial charge in [-0.1, -0.05) is 45.0 Å². The molecule has 0 heterocycles. The zero-order valence-corrected chi connectivity index (χ0v) is 16.2. The predicted molar refractivity (Wildman–Crippen MR) is 100 cm³/mol. The number of carbonyl (C=O) groups excluding carboxylic acids is 2. The monoisotopic (exact) mass is 391 g/mol. The summed E-state index contributed by atoms with van der Waals surface area (Å²) < 4.78 is 33.2. The van der Waals surface area contributed by atoms with E-state index in [0.717, 1.165) is 19.2 Å². The highest BCUT2D eigenvalue weighted by molar-refractivity contribution is 5.97. The Hall–Kier alpha value is -2.80. The molecule has 2 aromatic rings. The summed E-state index contributed by atoms with van der Waals surface area (Å²) in [5, 5.41) is 12.4. The molecule has 0 aliphatic rings. The van der Waals surface area contributed by atoms with Crippen LogP contribution in [0.15, 0.2) is 36.4 Å². The topological polar surface area (TPSA) is 75.6 Å². The third-order valence-electron chi connectivity index (χ3n) is 4.29. The largest absolute Gasteiger partial charge is 0.465 e. The molecule has 1 amide bonds. The Balaban J connectivity index is 2.26. The summed E-state index contributed by atoms with van der Waals surface area (Å²) in [4.78, 5) is 23.9. The minimum absolute atomic E-state index is 0.120. The lowest BCUT2D eigenvalue weighted by atomic mass is 9.88. The standard InChI is InChI=1S/C21H23F2NO4/c1-21(2,3)18(25)19(26)24-11-13-9-8-12(10-16(13)23)14-6-5-7-15(22)17(14)20(27)28-4/h5-10,18,25H,11H2,1-4H3,(H,24,26)/t18-/m1/s1. The van der Waals surface area contributed by atoms with Crippen LogP contribution in [0.5, 0.6) is 0 Å². The molecule has 0 bridgehead atoms. The van der Waals surface area contributed by atoms with E-state index in [0.29, 0.717) is 5.56 Å². The first-order valence-electron chi connectivity index (χ1n) is 8.67. The predicted octanol–water partition coefficient (Wildman–Crippen LogP) is 3.44. The van der Waals surface area contributed by atoms with Gasteiger partial charge < -0.3 is 15.2 Å². The lowest BCUT2D eigenvalue weighted by Crippen LogP contribution is -2.42. The van der Waals surface area contributed by atoms with Crippen LogP contribution in [0.3, 0.4) is 0 Å². The van der Waals surface area contributed by atoms with Gasteiger partial charge in [0.15, 0.2) is 0 Å². The third kappa shape index (κ3) is 4.72. The Morgan fingerprint density at radius 3 is 2.39 bits per heavy atom. The van der Waals surface area contributed by atoms with Crippen molar-refractivity contribution < 1.29 is 28.2 Å². The van der Waals surface area contributed by atoms with Gasteiger partial charge in [-0.3, -0.25) is 4.79 Å². The van der Waals surface area contributed by atoms with Gasteiger partial charge in [0, 0.05) is 12.1 Å². The van der Waals surface area contributed by atoms with Crippen molar-refractivity contribution >= 4 is 11.9 Å². The first-order valence-corrected chi connectivity index (χ1v) is 8.67. The van der Waals surface area contributed by atoms with Crippen LogP contribution >= 0.6 is 0 Å². The van der Waals surface area contributed by atoms with E-state index in [-0.39, 0.29) is 23.2 Å². The summed E-state index contributed by atoms with van der Waals surface area (Å²) in [5.41, 5.74) is -0.242. The fourth-order valence-corrected chi connectivity index (χ4v) is 2.60. The van der Waals surface area contributed by atoms with Crippen molar-refractivity contribution in [1.82, 2.24) is 5.32 Å². The zero-order chi connectivity index (χ0) is 21.1. The van der Waals surface area contributed by atoms with Crippen molar-refractivity contribution in [3.8, 4) is 11.1 Å². The molecule has 0 aliphatic carbocycles. The molecule has 0 radical (unpaired) electrons. The second kappa shape index (κ2) is 8.48. The molecule has 150 valence electrons. The smallest absolute Gasteiger partial charge is 0.341 e. The molecule has 0 unspecified atom stereocenters. The Morgan fingerprint density at radius 1 is 1.14 bits per heavy atom. The first kappa shape index (κ1) is 21.5. The third-order valence-corrected chi connectivity index (χ3v) is 4.29. The van der Waals surface area contributed by atoms with Gasteiger partial charge in [-0.15, -0.1) is 0 Å². The summed E-state index contributed by atoms with van der Waals surface area (Å²) >= 11 is 0. The van der Waals surface area contributed by atoms with Crippen LogP contribution in [-0.4, -0.2) is 30.2 Å². The minimum Gasteiger partial charge on any atom is -0.465 e. The average molecular weight is 391 g/mol. The van der Waals surface area contributed by atoms with Gasteiger partial charge in [0.1, 0.15) is 23.3 Å². The molecule has 0 aliphatic heterocycles. The fourth-order valence-electron chi connectivity index (χ4n) is 2.60. The van der Waals surface area contributed by atoms with E-state index >= 15 is 0 Å². The number of ether oxygens (including phenoxy) is 1. The summed E-state index contributed by atoms with van der Waals surface area (Å²) in [5.74, 6) is -2.87. The normalized spacial score (nSPS) is 12.4. The maximum absolute atomic E-state index is 14.5. The molecule has 0 saturated heterocycles. The Morgan fingerprint density at radius 2 is 1.82 bits per heavy atom. The highest BCUT2D eigenvalue weighted by Crippen LogP contribution is 2.28. The van der Waals surface area contributed by atoms with Gasteiger partial charge in [-0.05, 0) is 28.7 Å². The van der Waals surface area contributed by atoms with Crippen LogP contribution in [0.1, 0.15) is 36.7 Å². The number of rotatable bonds is 5. The van der Waals surface area contributed by atoms with E-state index in [2.05, 4.69) is 10.1 Å². The number of aliphatic hydroxyl groups is 1. The Kier molecular flexibility index (Phi) is 6.51. The van der Waals surface area contributed by atoms with Crippen molar-refractivity contribution in [1.29, 1.82) is 0 Å². The fraction of sp³-hybridized carbons (Fsp3) is 0.333. The molecule has 0 fully saturated rings. The minimum atomic E-state index is -1.23. The van der Waals surface area contributed by atoms with E-state index < -0.39 is 35.0 Å². The summed E-state index contributed by atoms with van der Waals surface area (Å²) in [6.07, 6.45) is -1.23. The van der Waals surface area contributed by atoms with Crippen LogP contribution in [0, 0.1) is 17.0 Å². The van der Waals surface area contributed by atoms with Gasteiger partial charge in [0.2, 0.25) is 5.91 Å². The number of aliphatic hydroxyl groups excluding tert-OH is 1. The van der Waals surface area contributed by atoms with Crippen LogP contribution in [0.2, 0.25) is 0 Å². The molecule has 0 spiro atoms. The number of benzene rings is 2. The number of carbonyl (C=O) groups is 2. The van der Waals surface area contributed by atoms with Crippen LogP contribution in [0.4, 0.5) is 8.78 Å². The lowest BCUT2D eigenvalue weighted by molar-refractivity contribution is -0.134. The highest BCUT2D eigenvalue weighted by atomic mass is 19.1. The second-order valence-corrected chi connectivity index (χ2v) is 7.45. The van der Waals surface area contributed by atoms with Gasteiger partial charge in [-0.2, -0.15) is 0 Å². The quantitative estimate of drug-likeness (QED) is 0.766. The highest BCUT2D eigenvalue weighted by Gasteiger charge is 2.28. The number of hydrogen-bond acceptors (Lipinski definition) is 4. The maximum atomic E-state index is 14.5. The molecule has 2 aromatic carbocycles. The first-order chi connectivity index (χ1) is 13.1. The van der Waals surface area contributed by atoms with Gasteiger partial charge in [0.25, 0.3) is 0 Å². The number of hydrogen-bond donors (Lipinski definition) is 2. The number of esters is 1. The summed E-state index contributed by atoms with van der Waals surface area (Å²) in [7, 11) is 1.14. The molecule has 0 aromatic heterocycles. The molecule has 1 atom stereocenters. The van der Waals surface area contributed by atoms with Crippen LogP contribution in [0.25, 0.3) is 11.1 Å². The van der Waals surface area contributed by atoms with Gasteiger partial charge >= 0.3 is 5.97 Å². The molecule has 28 heavy (non-hydrogen) atoms. The molecular weight excluding hydrogens is 368 g/mol. The second-order valence-electron chi connectivity index (χ2n) is 7.45. The molecular formula is C21H23F2NO4. The van der Waals surface area contributed by atoms with Crippen molar-refractivity contribution in [3.63, 3.8) is 0 Å². The Labute approximate surface area is 162 Å². The molecule has 0 saturated carbocycles. The average Bonchev–Trinajstić information content (AvgIpc) is 2.64. The maximum Gasteiger partial charge on any atom is 0.341 e. The van der Waals surface area contributed by atoms with Crippen molar-refractivity contribution in [3.05, 3.63) is 59.2 Å². The number of nitrogens with one attached hydrogen (secondary N) is 1. The number of amides is 1. The molecule has 2 rings (SSSR count). The number of methoxy groups -OCH3 is 1. The van der Waals surface area contributed by atoms with E-state index in [9.17, 15) is 23.5 Å². The summed E-state index contributed by atoms with van der Waals surface area (Å²) in [6.45, 7) is 5.02. The lowest BCUT2D eigenvalue weighted by Gasteiger charge is -2.24. The van der Waals surface area contributed by atoms with Crippen LogP contribution in [-0.2, 0) is 16.1 Å². The van der Waals surface area contributed by atoms with Gasteiger partial charge in [0.05, 0.1) is 7.11 Å². The SMILES string of the molecule is COC(=O)c1c(F)cccc1-c1ccc(CNC(=O)[C@@H](O)C(C)(C)C)c(F)c1. The van der Waals surface area contributed by atoms with E-state index in [4.69, 9.17) is 0 Å². The van der Waals surface area contributed by atoms with Crippen molar-refractivity contribution in [2.75, 3.05) is 7.11 Å². The molecule has 5 nitrogen and oxygen atoms in total.